The summed E-state index contributed by atoms with van der Waals surface area (Å²) in [5, 5.41) is 10.6. The first-order chi connectivity index (χ1) is 13.0. The Bertz CT molecular complexity index is 869. The number of nitrogens with two attached hydrogens (primary N) is 1. The lowest BCUT2D eigenvalue weighted by Crippen LogP contribution is -2.81. The van der Waals surface area contributed by atoms with Gasteiger partial charge in [-0.2, -0.15) is 0 Å². The summed E-state index contributed by atoms with van der Waals surface area (Å²) in [5.41, 5.74) is 8.52. The molecule has 1 unspecified atom stereocenters. The number of methoxy groups -OCH3 is 1. The topological polar surface area (TPSA) is 68.0 Å². The van der Waals surface area contributed by atoms with Gasteiger partial charge in [0, 0.05) is 30.2 Å². The molecule has 27 heavy (non-hydrogen) atoms. The number of aromatic hydroxyl groups is 1. The van der Waals surface area contributed by atoms with Gasteiger partial charge < -0.3 is 20.3 Å². The molecular weight excluding hydrogens is 340 g/mol. The average molecular weight is 368 g/mol. The highest BCUT2D eigenvalue weighted by molar-refractivity contribution is 5.65. The van der Waals surface area contributed by atoms with Gasteiger partial charge in [-0.25, -0.2) is 0 Å². The van der Waals surface area contributed by atoms with Crippen LogP contribution in [0.25, 0.3) is 0 Å². The van der Waals surface area contributed by atoms with E-state index in [0.717, 1.165) is 38.8 Å². The second-order valence-corrected chi connectivity index (χ2v) is 9.17. The number of ether oxygens (including phenoxy) is 2. The summed E-state index contributed by atoms with van der Waals surface area (Å²) in [4.78, 5) is 2.68. The molecule has 1 aromatic carbocycles. The fourth-order valence-corrected chi connectivity index (χ4v) is 7.54. The van der Waals surface area contributed by atoms with Crippen LogP contribution in [0.5, 0.6) is 11.5 Å². The van der Waals surface area contributed by atoms with E-state index in [1.165, 1.54) is 11.1 Å². The molecule has 1 aromatic rings. The first-order valence-electron chi connectivity index (χ1n) is 10.3. The standard InChI is InChI=1S/C22H28N2O3/c1-3-9-24-10-8-21-17-13-4-5-14(25)18(17)27-19(21)22(26-2)7-6-20(21,12-15(22)23)16(24)11-13/h4-7,15-16,19,25H,3,8-12,23H2,1-2H3/t15-,16+,19+,20+,21-,22?/m0/s1. The zero-order valence-electron chi connectivity index (χ0n) is 16.1. The van der Waals surface area contributed by atoms with Crippen LogP contribution in [0.3, 0.4) is 0 Å². The molecule has 6 atom stereocenters. The molecule has 0 radical (unpaired) electrons. The van der Waals surface area contributed by atoms with Crippen molar-refractivity contribution in [3.8, 4) is 11.5 Å². The van der Waals surface area contributed by atoms with Gasteiger partial charge in [0.15, 0.2) is 11.5 Å². The molecule has 7 rings (SSSR count). The highest BCUT2D eigenvalue weighted by Gasteiger charge is 2.78. The van der Waals surface area contributed by atoms with Crippen LogP contribution in [0.15, 0.2) is 24.3 Å². The van der Waals surface area contributed by atoms with Gasteiger partial charge in [-0.3, -0.25) is 4.90 Å². The average Bonchev–Trinajstić information content (AvgIpc) is 3.03. The second-order valence-electron chi connectivity index (χ2n) is 9.17. The van der Waals surface area contributed by atoms with Crippen molar-refractivity contribution in [2.45, 2.75) is 61.8 Å². The Labute approximate surface area is 160 Å². The van der Waals surface area contributed by atoms with E-state index >= 15 is 0 Å². The maximum atomic E-state index is 10.6. The molecule has 1 saturated carbocycles. The van der Waals surface area contributed by atoms with Crippen molar-refractivity contribution >= 4 is 0 Å². The van der Waals surface area contributed by atoms with Gasteiger partial charge in [0.2, 0.25) is 0 Å². The van der Waals surface area contributed by atoms with Crippen LogP contribution in [0.1, 0.15) is 37.3 Å². The van der Waals surface area contributed by atoms with E-state index in [0.29, 0.717) is 11.8 Å². The number of hydrogen-bond donors (Lipinski definition) is 2. The lowest BCUT2D eigenvalue weighted by molar-refractivity contribution is -0.197. The molecule has 2 fully saturated rings. The fraction of sp³-hybridized carbons (Fsp3) is 0.636. The first kappa shape index (κ1) is 16.4. The predicted octanol–water partition coefficient (Wildman–Crippen LogP) is 2.10. The van der Waals surface area contributed by atoms with Gasteiger partial charge >= 0.3 is 0 Å². The molecular formula is C22H28N2O3. The van der Waals surface area contributed by atoms with E-state index in [2.05, 4.69) is 30.0 Å². The van der Waals surface area contributed by atoms with Crippen molar-refractivity contribution in [2.24, 2.45) is 11.1 Å². The first-order valence-corrected chi connectivity index (χ1v) is 10.3. The Balaban J connectivity index is 1.68. The molecule has 2 spiro atoms. The number of benzene rings is 1. The SMILES string of the molecule is CCCN1CC[C@]23c4c5ccc(O)c4O[C@H]2C2(OC)C=C[C@@]3(C[C@@H]2N)[C@H]1C5. The zero-order chi connectivity index (χ0) is 18.6. The number of hydrogen-bond acceptors (Lipinski definition) is 5. The van der Waals surface area contributed by atoms with Gasteiger partial charge in [0.1, 0.15) is 11.7 Å². The van der Waals surface area contributed by atoms with Crippen molar-refractivity contribution in [2.75, 3.05) is 20.2 Å². The quantitative estimate of drug-likeness (QED) is 0.800. The maximum absolute atomic E-state index is 10.6. The summed E-state index contributed by atoms with van der Waals surface area (Å²) >= 11 is 0. The van der Waals surface area contributed by atoms with Crippen LogP contribution in [0.2, 0.25) is 0 Å². The van der Waals surface area contributed by atoms with E-state index in [1.54, 1.807) is 13.2 Å². The molecule has 5 nitrogen and oxygen atoms in total. The number of nitrogens with zero attached hydrogens (tertiary/aromatic N) is 1. The second kappa shape index (κ2) is 4.88. The lowest BCUT2D eigenvalue weighted by atomic mass is 9.38. The highest BCUT2D eigenvalue weighted by Crippen LogP contribution is 2.73. The largest absolute Gasteiger partial charge is 0.504 e. The molecule has 4 aliphatic carbocycles. The molecule has 4 bridgehead atoms. The summed E-state index contributed by atoms with van der Waals surface area (Å²) < 4.78 is 12.7. The normalized spacial score (nSPS) is 45.7. The summed E-state index contributed by atoms with van der Waals surface area (Å²) in [6, 6.07) is 4.24. The number of phenols is 1. The van der Waals surface area contributed by atoms with Crippen molar-refractivity contribution in [1.82, 2.24) is 4.90 Å². The van der Waals surface area contributed by atoms with E-state index in [4.69, 9.17) is 15.2 Å². The molecule has 5 heteroatoms. The van der Waals surface area contributed by atoms with Gasteiger partial charge in [-0.05, 0) is 50.4 Å². The molecule has 144 valence electrons. The van der Waals surface area contributed by atoms with Crippen molar-refractivity contribution in [3.63, 3.8) is 0 Å². The summed E-state index contributed by atoms with van der Waals surface area (Å²) in [7, 11) is 1.75. The number of piperidine rings is 1. The lowest BCUT2D eigenvalue weighted by Gasteiger charge is -2.71. The highest BCUT2D eigenvalue weighted by atomic mass is 16.6. The molecule has 1 saturated heterocycles. The Kier molecular flexibility index (Phi) is 2.97. The Morgan fingerprint density at radius 1 is 1.37 bits per heavy atom. The number of likely N-dealkylation sites (tertiary alicyclic amines) is 1. The van der Waals surface area contributed by atoms with Crippen LogP contribution in [0.4, 0.5) is 0 Å². The van der Waals surface area contributed by atoms with E-state index in [9.17, 15) is 5.11 Å². The third kappa shape index (κ3) is 1.50. The summed E-state index contributed by atoms with van der Waals surface area (Å²) in [5.74, 6) is 0.935. The molecule has 0 amide bonds. The zero-order valence-corrected chi connectivity index (χ0v) is 16.1. The van der Waals surface area contributed by atoms with Gasteiger partial charge in [0.05, 0.1) is 5.41 Å². The van der Waals surface area contributed by atoms with Crippen molar-refractivity contribution in [3.05, 3.63) is 35.4 Å². The van der Waals surface area contributed by atoms with Gasteiger partial charge in [0.25, 0.3) is 0 Å². The monoisotopic (exact) mass is 368 g/mol. The molecule has 6 aliphatic rings. The Morgan fingerprint density at radius 2 is 2.22 bits per heavy atom. The molecule has 2 heterocycles. The maximum Gasteiger partial charge on any atom is 0.165 e. The number of fused-ring (bicyclic) bond motifs is 1. The van der Waals surface area contributed by atoms with Crippen molar-refractivity contribution < 1.29 is 14.6 Å². The molecule has 0 aromatic heterocycles. The predicted molar refractivity (Wildman–Crippen MR) is 102 cm³/mol. The minimum absolute atomic E-state index is 0.0448. The number of rotatable bonds is 3. The van der Waals surface area contributed by atoms with Crippen LogP contribution in [-0.4, -0.2) is 54.0 Å². The molecule has 2 aliphatic heterocycles. The molecule has 3 N–H and O–H groups in total. The Morgan fingerprint density at radius 3 is 2.96 bits per heavy atom. The van der Waals surface area contributed by atoms with Crippen LogP contribution < -0.4 is 10.5 Å². The minimum atomic E-state index is -0.626. The van der Waals surface area contributed by atoms with Crippen LogP contribution in [0, 0.1) is 5.41 Å². The summed E-state index contributed by atoms with van der Waals surface area (Å²) in [6.45, 7) is 4.44. The third-order valence-electron chi connectivity index (χ3n) is 8.48. The van der Waals surface area contributed by atoms with Gasteiger partial charge in [-0.15, -0.1) is 0 Å². The Hall–Kier alpha value is -1.56. The minimum Gasteiger partial charge on any atom is -0.504 e. The smallest absolute Gasteiger partial charge is 0.165 e. The van der Waals surface area contributed by atoms with Gasteiger partial charge in [-0.1, -0.05) is 25.1 Å². The van der Waals surface area contributed by atoms with Crippen LogP contribution in [-0.2, 0) is 16.6 Å². The summed E-state index contributed by atoms with van der Waals surface area (Å²) in [6.07, 6.45) is 8.55. The van der Waals surface area contributed by atoms with Crippen molar-refractivity contribution in [1.29, 1.82) is 0 Å². The third-order valence-corrected chi connectivity index (χ3v) is 8.48. The van der Waals surface area contributed by atoms with E-state index < -0.39 is 5.60 Å². The van der Waals surface area contributed by atoms with E-state index in [-0.39, 0.29) is 28.7 Å². The van der Waals surface area contributed by atoms with Crippen LogP contribution >= 0.6 is 0 Å². The van der Waals surface area contributed by atoms with E-state index in [1.807, 2.05) is 0 Å². The number of phenolic OH excluding ortho intramolecular Hbond substituents is 1. The fourth-order valence-electron chi connectivity index (χ4n) is 7.54.